The summed E-state index contributed by atoms with van der Waals surface area (Å²) in [5.41, 5.74) is 2.70. The van der Waals surface area contributed by atoms with Gasteiger partial charge >= 0.3 is 0 Å². The maximum Gasteiger partial charge on any atom is 0.266 e. The van der Waals surface area contributed by atoms with Gasteiger partial charge in [-0.3, -0.25) is 14.7 Å². The molecule has 4 rings (SSSR count). The number of hydrogen-bond acceptors (Lipinski definition) is 6. The van der Waals surface area contributed by atoms with Gasteiger partial charge < -0.3 is 4.42 Å². The van der Waals surface area contributed by atoms with Gasteiger partial charge in [-0.1, -0.05) is 13.8 Å². The molecule has 0 N–H and O–H groups in total. The van der Waals surface area contributed by atoms with E-state index >= 15 is 0 Å². The van der Waals surface area contributed by atoms with Gasteiger partial charge in [0.1, 0.15) is 5.76 Å². The normalized spacial score (nSPS) is 15.2. The van der Waals surface area contributed by atoms with Crippen LogP contribution in [-0.4, -0.2) is 37.7 Å². The Morgan fingerprint density at radius 3 is 2.70 bits per heavy atom. The number of rotatable bonds is 6. The zero-order valence-corrected chi connectivity index (χ0v) is 15.6. The topological polar surface area (TPSA) is 77.1 Å². The monoisotopic (exact) mass is 365 g/mol. The molecule has 4 heterocycles. The Labute approximate surface area is 157 Å². The van der Waals surface area contributed by atoms with E-state index < -0.39 is 0 Å². The fourth-order valence-corrected chi connectivity index (χ4v) is 3.50. The molecule has 1 aliphatic heterocycles. The molecular weight excluding hydrogens is 342 g/mol. The number of pyridine rings is 1. The van der Waals surface area contributed by atoms with Crippen LogP contribution in [0.3, 0.4) is 0 Å². The van der Waals surface area contributed by atoms with Crippen molar-refractivity contribution in [1.29, 1.82) is 0 Å². The van der Waals surface area contributed by atoms with Crippen LogP contribution < -0.4 is 5.56 Å². The number of nitrogens with zero attached hydrogens (tertiary/aromatic N) is 5. The highest BCUT2D eigenvalue weighted by atomic mass is 16.3. The molecule has 0 atom stereocenters. The minimum atomic E-state index is -0.0650. The van der Waals surface area contributed by atoms with Crippen LogP contribution in [0, 0.1) is 5.92 Å². The quantitative estimate of drug-likeness (QED) is 0.668. The molecule has 0 radical (unpaired) electrons. The second-order valence-corrected chi connectivity index (χ2v) is 7.35. The predicted molar refractivity (Wildman–Crippen MR) is 101 cm³/mol. The Morgan fingerprint density at radius 2 is 1.96 bits per heavy atom. The molecule has 1 saturated heterocycles. The molecule has 0 saturated carbocycles. The molecule has 0 spiro atoms. The van der Waals surface area contributed by atoms with E-state index in [4.69, 9.17) is 4.42 Å². The third-order valence-electron chi connectivity index (χ3n) is 4.88. The van der Waals surface area contributed by atoms with E-state index in [0.717, 1.165) is 42.3 Å². The molecule has 0 unspecified atom stereocenters. The van der Waals surface area contributed by atoms with Crippen LogP contribution in [0.25, 0.3) is 11.3 Å². The molecule has 0 aromatic carbocycles. The van der Waals surface area contributed by atoms with E-state index in [2.05, 4.69) is 33.8 Å². The fraction of sp³-hybridized carbons (Fsp3) is 0.400. The lowest BCUT2D eigenvalue weighted by Gasteiger charge is -2.38. The molecule has 1 fully saturated rings. The van der Waals surface area contributed by atoms with E-state index in [1.807, 2.05) is 12.1 Å². The first kappa shape index (κ1) is 17.6. The summed E-state index contributed by atoms with van der Waals surface area (Å²) < 4.78 is 7.07. The van der Waals surface area contributed by atoms with Gasteiger partial charge in [0, 0.05) is 55.5 Å². The molecular formula is C20H23N5O2. The van der Waals surface area contributed by atoms with Crippen LogP contribution >= 0.6 is 0 Å². The lowest BCUT2D eigenvalue weighted by Crippen LogP contribution is -2.49. The molecule has 7 nitrogen and oxygen atoms in total. The summed E-state index contributed by atoms with van der Waals surface area (Å²) in [6.45, 7) is 7.49. The molecule has 27 heavy (non-hydrogen) atoms. The molecule has 7 heteroatoms. The zero-order valence-electron chi connectivity index (χ0n) is 15.6. The second kappa shape index (κ2) is 7.44. The van der Waals surface area contributed by atoms with Crippen LogP contribution in [-0.2, 0) is 13.1 Å². The molecule has 0 bridgehead atoms. The maximum absolute atomic E-state index is 12.2. The van der Waals surface area contributed by atoms with Gasteiger partial charge in [0.05, 0.1) is 17.9 Å². The molecule has 0 aliphatic carbocycles. The van der Waals surface area contributed by atoms with E-state index in [0.29, 0.717) is 18.4 Å². The third kappa shape index (κ3) is 3.83. The van der Waals surface area contributed by atoms with Gasteiger partial charge in [-0.25, -0.2) is 9.67 Å². The van der Waals surface area contributed by atoms with Crippen LogP contribution in [0.2, 0.25) is 0 Å². The van der Waals surface area contributed by atoms with Gasteiger partial charge in [-0.15, -0.1) is 0 Å². The summed E-state index contributed by atoms with van der Waals surface area (Å²) >= 11 is 0. The third-order valence-corrected chi connectivity index (χ3v) is 4.88. The summed E-state index contributed by atoms with van der Waals surface area (Å²) in [4.78, 5) is 22.9. The fourth-order valence-electron chi connectivity index (χ4n) is 3.50. The van der Waals surface area contributed by atoms with Crippen LogP contribution in [0.4, 0.5) is 0 Å². The van der Waals surface area contributed by atoms with Gasteiger partial charge in [0.15, 0.2) is 6.39 Å². The van der Waals surface area contributed by atoms with E-state index in [-0.39, 0.29) is 5.56 Å². The molecule has 3 aromatic rings. The number of aromatic nitrogens is 4. The summed E-state index contributed by atoms with van der Waals surface area (Å²) in [5, 5.41) is 4.53. The summed E-state index contributed by atoms with van der Waals surface area (Å²) in [5.74, 6) is 1.71. The smallest absolute Gasteiger partial charge is 0.266 e. The van der Waals surface area contributed by atoms with Crippen molar-refractivity contribution in [3.05, 3.63) is 64.9 Å². The van der Waals surface area contributed by atoms with Gasteiger partial charge in [0.2, 0.25) is 0 Å². The van der Waals surface area contributed by atoms with E-state index in [9.17, 15) is 4.79 Å². The van der Waals surface area contributed by atoms with Crippen molar-refractivity contribution in [3.63, 3.8) is 0 Å². The zero-order chi connectivity index (χ0) is 18.8. The number of oxazole rings is 1. The van der Waals surface area contributed by atoms with Crippen molar-refractivity contribution in [2.75, 3.05) is 13.1 Å². The highest BCUT2D eigenvalue weighted by Gasteiger charge is 2.29. The van der Waals surface area contributed by atoms with E-state index in [1.54, 1.807) is 29.2 Å². The van der Waals surface area contributed by atoms with Crippen LogP contribution in [0.15, 0.2) is 52.3 Å². The molecule has 1 aliphatic rings. The van der Waals surface area contributed by atoms with Crippen LogP contribution in [0.1, 0.15) is 31.2 Å². The molecule has 3 aromatic heterocycles. The Bertz CT molecular complexity index is 958. The maximum atomic E-state index is 12.2. The number of hydrogen-bond donors (Lipinski definition) is 0. The predicted octanol–water partition coefficient (Wildman–Crippen LogP) is 2.55. The second-order valence-electron chi connectivity index (χ2n) is 7.35. The largest absolute Gasteiger partial charge is 0.448 e. The standard InChI is InChI=1S/C20H23N5O2/c1-14(2)20-18(22-13-27-20)12-24-9-15(10-24)11-25-19(26)4-3-17(23-25)16-5-7-21-8-6-16/h3-8,13-15H,9-12H2,1-2H3. The van der Waals surface area contributed by atoms with Crippen molar-refractivity contribution in [2.45, 2.75) is 32.9 Å². The minimum Gasteiger partial charge on any atom is -0.448 e. The first-order chi connectivity index (χ1) is 13.1. The Morgan fingerprint density at radius 1 is 1.19 bits per heavy atom. The van der Waals surface area contributed by atoms with Gasteiger partial charge in [0.25, 0.3) is 5.56 Å². The summed E-state index contributed by atoms with van der Waals surface area (Å²) in [6.07, 6.45) is 4.98. The summed E-state index contributed by atoms with van der Waals surface area (Å²) in [7, 11) is 0. The average molecular weight is 365 g/mol. The average Bonchev–Trinajstić information content (AvgIpc) is 3.11. The van der Waals surface area contributed by atoms with Gasteiger partial charge in [-0.05, 0) is 18.2 Å². The minimum absolute atomic E-state index is 0.0650. The number of likely N-dealkylation sites (tertiary alicyclic amines) is 1. The molecule has 140 valence electrons. The van der Waals surface area contributed by atoms with Crippen molar-refractivity contribution >= 4 is 0 Å². The highest BCUT2D eigenvalue weighted by molar-refractivity contribution is 5.56. The van der Waals surface area contributed by atoms with E-state index in [1.165, 1.54) is 6.39 Å². The SMILES string of the molecule is CC(C)c1ocnc1CN1CC(Cn2nc(-c3ccncc3)ccc2=O)C1. The summed E-state index contributed by atoms with van der Waals surface area (Å²) in [6, 6.07) is 7.14. The Balaban J connectivity index is 1.39. The Hall–Kier alpha value is -2.80. The van der Waals surface area contributed by atoms with Gasteiger partial charge in [-0.2, -0.15) is 5.10 Å². The van der Waals surface area contributed by atoms with Crippen molar-refractivity contribution in [1.82, 2.24) is 24.6 Å². The first-order valence-corrected chi connectivity index (χ1v) is 9.23. The van der Waals surface area contributed by atoms with Crippen LogP contribution in [0.5, 0.6) is 0 Å². The van der Waals surface area contributed by atoms with Crippen molar-refractivity contribution < 1.29 is 4.42 Å². The first-order valence-electron chi connectivity index (χ1n) is 9.23. The molecule has 0 amide bonds. The lowest BCUT2D eigenvalue weighted by molar-refractivity contribution is 0.0750. The Kier molecular flexibility index (Phi) is 4.85. The van der Waals surface area contributed by atoms with Crippen molar-refractivity contribution in [2.24, 2.45) is 5.92 Å². The highest BCUT2D eigenvalue weighted by Crippen LogP contribution is 2.24. The van der Waals surface area contributed by atoms with Crippen molar-refractivity contribution in [3.8, 4) is 11.3 Å². The lowest BCUT2D eigenvalue weighted by atomic mass is 9.99.